The Morgan fingerprint density at radius 1 is 1.12 bits per heavy atom. The van der Waals surface area contributed by atoms with Crippen molar-refractivity contribution < 1.29 is 0 Å². The van der Waals surface area contributed by atoms with E-state index in [-0.39, 0.29) is 0 Å². The molecule has 1 aromatic carbocycles. The first-order chi connectivity index (χ1) is 8.36. The molecule has 1 heteroatoms. The number of hydrogen-bond donors (Lipinski definition) is 0. The molecule has 0 amide bonds. The van der Waals surface area contributed by atoms with Gasteiger partial charge in [-0.2, -0.15) is 0 Å². The van der Waals surface area contributed by atoms with E-state index in [1.54, 1.807) is 5.57 Å². The third-order valence-electron chi connectivity index (χ3n) is 4.43. The molecule has 3 rings (SSSR count). The Hall–Kier alpha value is -0.823. The SMILES string of the molecule is [SiH3]CCCc1ccc(C2=CC3CCC2C3)cc1. The molecule has 2 bridgehead atoms. The smallest absolute Gasteiger partial charge is 0.00281 e. The van der Waals surface area contributed by atoms with Crippen LogP contribution in [0.25, 0.3) is 5.57 Å². The van der Waals surface area contributed by atoms with Gasteiger partial charge < -0.3 is 0 Å². The topological polar surface area (TPSA) is 0 Å². The summed E-state index contributed by atoms with van der Waals surface area (Å²) in [7, 11) is 1.35. The van der Waals surface area contributed by atoms with E-state index in [1.807, 2.05) is 0 Å². The highest BCUT2D eigenvalue weighted by Gasteiger charge is 2.32. The summed E-state index contributed by atoms with van der Waals surface area (Å²) in [5.41, 5.74) is 4.66. The van der Waals surface area contributed by atoms with Gasteiger partial charge in [-0.05, 0) is 54.2 Å². The predicted octanol–water partition coefficient (Wildman–Crippen LogP) is 3.22. The molecule has 2 atom stereocenters. The zero-order chi connectivity index (χ0) is 11.7. The van der Waals surface area contributed by atoms with Gasteiger partial charge in [-0.15, -0.1) is 0 Å². The zero-order valence-corrected chi connectivity index (χ0v) is 12.8. The molecule has 2 aliphatic rings. The second-order valence-electron chi connectivity index (χ2n) is 5.69. The molecule has 0 radical (unpaired) electrons. The molecule has 0 heterocycles. The third-order valence-corrected chi connectivity index (χ3v) is 5.14. The van der Waals surface area contributed by atoms with Gasteiger partial charge in [-0.25, -0.2) is 0 Å². The third kappa shape index (κ3) is 2.26. The van der Waals surface area contributed by atoms with Crippen LogP contribution >= 0.6 is 0 Å². The highest BCUT2D eigenvalue weighted by atomic mass is 28.1. The summed E-state index contributed by atoms with van der Waals surface area (Å²) >= 11 is 0. The fraction of sp³-hybridized carbons (Fsp3) is 0.500. The highest BCUT2D eigenvalue weighted by Crippen LogP contribution is 2.47. The summed E-state index contributed by atoms with van der Waals surface area (Å²) in [6.45, 7) is 0. The van der Waals surface area contributed by atoms with Crippen molar-refractivity contribution in [1.82, 2.24) is 0 Å². The molecule has 0 aromatic heterocycles. The average Bonchev–Trinajstić information content (AvgIpc) is 2.99. The maximum atomic E-state index is 2.54. The first-order valence-corrected chi connectivity index (χ1v) is 8.59. The van der Waals surface area contributed by atoms with Crippen molar-refractivity contribution in [1.29, 1.82) is 0 Å². The summed E-state index contributed by atoms with van der Waals surface area (Å²) in [4.78, 5) is 0. The summed E-state index contributed by atoms with van der Waals surface area (Å²) < 4.78 is 0. The van der Waals surface area contributed by atoms with E-state index in [2.05, 4.69) is 30.3 Å². The Morgan fingerprint density at radius 3 is 2.53 bits per heavy atom. The van der Waals surface area contributed by atoms with Gasteiger partial charge in [0.2, 0.25) is 0 Å². The fourth-order valence-electron chi connectivity index (χ4n) is 3.42. The van der Waals surface area contributed by atoms with Gasteiger partial charge in [0, 0.05) is 10.2 Å². The number of allylic oxidation sites excluding steroid dienone is 2. The first kappa shape index (κ1) is 11.3. The fourth-order valence-corrected chi connectivity index (χ4v) is 3.77. The molecule has 1 aromatic rings. The van der Waals surface area contributed by atoms with Crippen LogP contribution in [0.4, 0.5) is 0 Å². The lowest BCUT2D eigenvalue weighted by Gasteiger charge is -2.14. The number of benzene rings is 1. The summed E-state index contributed by atoms with van der Waals surface area (Å²) in [6.07, 6.45) is 9.48. The minimum atomic E-state index is 0.882. The number of hydrogen-bond acceptors (Lipinski definition) is 0. The molecular formula is C16H22Si. The lowest BCUT2D eigenvalue weighted by atomic mass is 9.91. The molecular weight excluding hydrogens is 220 g/mol. The largest absolute Gasteiger partial charge is 0.0773 e. The van der Waals surface area contributed by atoms with Crippen molar-refractivity contribution in [3.63, 3.8) is 0 Å². The van der Waals surface area contributed by atoms with Gasteiger partial charge in [0.05, 0.1) is 0 Å². The predicted molar refractivity (Wildman–Crippen MR) is 78.3 cm³/mol. The zero-order valence-electron chi connectivity index (χ0n) is 10.8. The molecule has 2 aliphatic carbocycles. The Balaban J connectivity index is 1.74. The minimum Gasteiger partial charge on any atom is -0.0773 e. The molecule has 0 nitrogen and oxygen atoms in total. The van der Waals surface area contributed by atoms with Gasteiger partial charge in [0.15, 0.2) is 0 Å². The molecule has 1 saturated carbocycles. The van der Waals surface area contributed by atoms with E-state index in [4.69, 9.17) is 0 Å². The highest BCUT2D eigenvalue weighted by molar-refractivity contribution is 6.08. The Kier molecular flexibility index (Phi) is 3.19. The number of fused-ring (bicyclic) bond motifs is 2. The van der Waals surface area contributed by atoms with Crippen molar-refractivity contribution in [2.45, 2.75) is 38.1 Å². The second kappa shape index (κ2) is 4.81. The van der Waals surface area contributed by atoms with Crippen LogP contribution in [0.2, 0.25) is 6.04 Å². The summed E-state index contributed by atoms with van der Waals surface area (Å²) in [5.74, 6) is 1.78. The lowest BCUT2D eigenvalue weighted by Crippen LogP contribution is -1.97. The van der Waals surface area contributed by atoms with Gasteiger partial charge in [-0.1, -0.05) is 42.8 Å². The van der Waals surface area contributed by atoms with E-state index >= 15 is 0 Å². The van der Waals surface area contributed by atoms with Crippen LogP contribution in [0.5, 0.6) is 0 Å². The molecule has 0 saturated heterocycles. The molecule has 0 aliphatic heterocycles. The molecule has 0 spiro atoms. The molecule has 1 fully saturated rings. The van der Waals surface area contributed by atoms with Crippen LogP contribution in [-0.2, 0) is 6.42 Å². The molecule has 17 heavy (non-hydrogen) atoms. The van der Waals surface area contributed by atoms with Crippen LogP contribution in [-0.4, -0.2) is 10.2 Å². The summed E-state index contributed by atoms with van der Waals surface area (Å²) in [5, 5.41) is 0. The number of rotatable bonds is 4. The maximum Gasteiger partial charge on any atom is 0.00281 e. The Morgan fingerprint density at radius 2 is 1.94 bits per heavy atom. The molecule has 0 N–H and O–H groups in total. The van der Waals surface area contributed by atoms with E-state index < -0.39 is 0 Å². The van der Waals surface area contributed by atoms with E-state index in [9.17, 15) is 0 Å². The van der Waals surface area contributed by atoms with Crippen molar-refractivity contribution in [3.05, 3.63) is 41.5 Å². The monoisotopic (exact) mass is 242 g/mol. The van der Waals surface area contributed by atoms with Crippen LogP contribution in [0.3, 0.4) is 0 Å². The van der Waals surface area contributed by atoms with E-state index in [0.717, 1.165) is 11.8 Å². The average molecular weight is 242 g/mol. The standard InChI is InChI=1S/C16H22Si/c17-9-1-2-12-3-6-14(7-4-12)16-11-13-5-8-15(16)10-13/h3-4,6-7,11,13,15H,1-2,5,8-10H2,17H3. The van der Waals surface area contributed by atoms with Crippen LogP contribution in [0.1, 0.15) is 36.8 Å². The van der Waals surface area contributed by atoms with Gasteiger partial charge in [0.1, 0.15) is 0 Å². The van der Waals surface area contributed by atoms with Crippen molar-refractivity contribution >= 4 is 15.8 Å². The van der Waals surface area contributed by atoms with Gasteiger partial charge >= 0.3 is 0 Å². The summed E-state index contributed by atoms with van der Waals surface area (Å²) in [6, 6.07) is 10.8. The molecule has 2 unspecified atom stereocenters. The Bertz CT molecular complexity index is 416. The van der Waals surface area contributed by atoms with Gasteiger partial charge in [0.25, 0.3) is 0 Å². The normalized spacial score (nSPS) is 26.5. The minimum absolute atomic E-state index is 0.882. The van der Waals surface area contributed by atoms with Crippen molar-refractivity contribution in [2.75, 3.05) is 0 Å². The van der Waals surface area contributed by atoms with Crippen molar-refractivity contribution in [2.24, 2.45) is 11.8 Å². The lowest BCUT2D eigenvalue weighted by molar-refractivity contribution is 0.695. The van der Waals surface area contributed by atoms with Crippen LogP contribution in [0.15, 0.2) is 30.3 Å². The van der Waals surface area contributed by atoms with E-state index in [1.165, 1.54) is 59.5 Å². The van der Waals surface area contributed by atoms with Crippen LogP contribution in [0, 0.1) is 11.8 Å². The van der Waals surface area contributed by atoms with E-state index in [0.29, 0.717) is 0 Å². The maximum absolute atomic E-state index is 2.54. The second-order valence-corrected chi connectivity index (χ2v) is 6.69. The number of aryl methyl sites for hydroxylation is 1. The van der Waals surface area contributed by atoms with Gasteiger partial charge in [-0.3, -0.25) is 0 Å². The van der Waals surface area contributed by atoms with Crippen LogP contribution < -0.4 is 0 Å². The Labute approximate surface area is 108 Å². The quantitative estimate of drug-likeness (QED) is 0.711. The van der Waals surface area contributed by atoms with Crippen molar-refractivity contribution in [3.8, 4) is 0 Å². The molecule has 90 valence electrons. The first-order valence-electron chi connectivity index (χ1n) is 7.18.